The molecule has 1 aliphatic rings. The van der Waals surface area contributed by atoms with E-state index in [1.54, 1.807) is 9.03 Å². The number of hydrogen-bond donors (Lipinski definition) is 0. The van der Waals surface area contributed by atoms with Crippen LogP contribution < -0.4 is 0 Å². The maximum absolute atomic E-state index is 15.0. The minimum atomic E-state index is -8.44. The molecule has 1 aliphatic heterocycles. The number of halogens is 15. The second kappa shape index (κ2) is 10.7. The van der Waals surface area contributed by atoms with Crippen LogP contribution in [0.1, 0.15) is 0 Å². The van der Waals surface area contributed by atoms with Crippen LogP contribution in [0.2, 0.25) is 0 Å². The Morgan fingerprint density at radius 3 is 1.32 bits per heavy atom. The highest BCUT2D eigenvalue weighted by molar-refractivity contribution is 7.96. The lowest BCUT2D eigenvalue weighted by atomic mass is 10.1. The van der Waals surface area contributed by atoms with Gasteiger partial charge < -0.3 is 0 Å². The van der Waals surface area contributed by atoms with Gasteiger partial charge in [-0.25, -0.2) is 4.18 Å². The van der Waals surface area contributed by atoms with E-state index in [2.05, 4.69) is 16.1 Å². The van der Waals surface area contributed by atoms with Gasteiger partial charge in [-0.3, -0.25) is 0 Å². The van der Waals surface area contributed by atoms with Gasteiger partial charge in [-0.2, -0.15) is 102 Å². The van der Waals surface area contributed by atoms with Gasteiger partial charge in [-0.15, -0.1) is 13.5 Å². The second-order valence-corrected chi connectivity index (χ2v) is 17.2. The third-order valence-corrected chi connectivity index (χ3v) is 14.5. The molecule has 0 saturated carbocycles. The minimum Gasteiger partial charge on any atom is -0.238 e. The number of alkyl halides is 12. The van der Waals surface area contributed by atoms with Crippen molar-refractivity contribution >= 4 is 53.9 Å². The monoisotopic (exact) mass is 765 g/mol. The Kier molecular flexibility index (Phi) is 10.1. The molecular weight excluding hydrogens is 760 g/mol. The van der Waals surface area contributed by atoms with Crippen molar-refractivity contribution in [1.29, 1.82) is 0 Å². The van der Waals surface area contributed by atoms with Crippen LogP contribution in [0.25, 0.3) is 0 Å². The second-order valence-electron chi connectivity index (χ2n) is 6.52. The lowest BCUT2D eigenvalue weighted by Gasteiger charge is -2.33. The predicted octanol–water partition coefficient (Wildman–Crippen LogP) is 6.34. The highest BCUT2D eigenvalue weighted by Crippen LogP contribution is 2.82. The van der Waals surface area contributed by atoms with E-state index in [1.807, 2.05) is 0 Å². The number of hydrogen-bond acceptors (Lipinski definition) is 13. The molecule has 0 bridgehead atoms. The Bertz CT molecular complexity index is 1550. The van der Waals surface area contributed by atoms with E-state index in [9.17, 15) is 90.5 Å². The van der Waals surface area contributed by atoms with Crippen molar-refractivity contribution in [3.05, 3.63) is 0 Å². The van der Waals surface area contributed by atoms with Crippen molar-refractivity contribution in [1.82, 2.24) is 0 Å². The summed E-state index contributed by atoms with van der Waals surface area (Å²) >= 11 is 0. The molecule has 13 nitrogen and oxygen atoms in total. The molecule has 0 aromatic rings. The summed E-state index contributed by atoms with van der Waals surface area (Å²) in [5, 5.41) is -7.94. The van der Waals surface area contributed by atoms with Crippen LogP contribution in [0.3, 0.4) is 0 Å². The summed E-state index contributed by atoms with van der Waals surface area (Å²) in [6.45, 7) is -2.93. The zero-order chi connectivity index (χ0) is 33.2. The van der Waals surface area contributed by atoms with Crippen molar-refractivity contribution in [2.24, 2.45) is 13.5 Å². The first-order valence-corrected chi connectivity index (χ1v) is 17.3. The molecule has 0 radical (unpaired) electrons. The smallest absolute Gasteiger partial charge is 0.238 e. The summed E-state index contributed by atoms with van der Waals surface area (Å²) in [4.78, 5) is 0. The van der Waals surface area contributed by atoms with Gasteiger partial charge in [0.25, 0.3) is 10.1 Å². The fraction of sp³-hybridized carbons (Fsp3) is 1.00. The van der Waals surface area contributed by atoms with Crippen LogP contribution in [0.4, 0.5) is 65.3 Å². The Morgan fingerprint density at radius 2 is 0.976 bits per heavy atom. The highest BCUT2D eigenvalue weighted by atomic mass is 32.3. The zero-order valence-electron chi connectivity index (χ0n) is 17.9. The molecule has 246 valence electrons. The van der Waals surface area contributed by atoms with Gasteiger partial charge in [-0.05, 0) is 0 Å². The van der Waals surface area contributed by atoms with Crippen molar-refractivity contribution in [3.8, 4) is 0 Å². The molecular formula is C7H5F15N3O10P3S3. The largest absolute Gasteiger partial charge is 0.460 e. The Hall–Kier alpha value is -0.670. The van der Waals surface area contributed by atoms with E-state index >= 15 is 0 Å². The first-order valence-electron chi connectivity index (χ1n) is 8.19. The Labute approximate surface area is 216 Å². The van der Waals surface area contributed by atoms with E-state index in [4.69, 9.17) is 0 Å². The molecule has 3 unspecified atom stereocenters. The fourth-order valence-electron chi connectivity index (χ4n) is 1.69. The van der Waals surface area contributed by atoms with Gasteiger partial charge in [-0.1, -0.05) is 0 Å². The summed E-state index contributed by atoms with van der Waals surface area (Å²) < 4.78 is 283. The van der Waals surface area contributed by atoms with E-state index in [1.165, 1.54) is 4.52 Å². The lowest BCUT2D eigenvalue weighted by Crippen LogP contribution is -2.63. The van der Waals surface area contributed by atoms with Crippen molar-refractivity contribution in [3.63, 3.8) is 0 Å². The van der Waals surface area contributed by atoms with Gasteiger partial charge in [0, 0.05) is 0 Å². The molecule has 34 heteroatoms. The van der Waals surface area contributed by atoms with Crippen LogP contribution in [0.5, 0.6) is 0 Å². The molecule has 0 spiro atoms. The molecule has 41 heavy (non-hydrogen) atoms. The van der Waals surface area contributed by atoms with Gasteiger partial charge in [0.1, 0.15) is 0 Å². The van der Waals surface area contributed by atoms with E-state index < -0.39 is 89.9 Å². The zero-order valence-corrected chi connectivity index (χ0v) is 23.0. The minimum absolute atomic E-state index is 0.239. The normalized spacial score (nSPS) is 27.5. The SMILES string of the molecule is CS(=O)(=O)OP1(F)=NP(F)(OS(=O)(=O)OCC(F)(F)F)=NP(F)(OS(=O)(=O)C(F)(F)C(F)(F)C(F)(F)C(F)(F)F)=N1. The molecule has 0 amide bonds. The van der Waals surface area contributed by atoms with Gasteiger partial charge in [0.2, 0.25) is 0 Å². The lowest BCUT2D eigenvalue weighted by molar-refractivity contribution is -0.382. The van der Waals surface area contributed by atoms with Crippen LogP contribution in [0, 0.1) is 0 Å². The Morgan fingerprint density at radius 1 is 0.610 bits per heavy atom. The van der Waals surface area contributed by atoms with Crippen LogP contribution >= 0.6 is 23.2 Å². The van der Waals surface area contributed by atoms with Crippen molar-refractivity contribution in [2.45, 2.75) is 29.5 Å². The predicted molar refractivity (Wildman–Crippen MR) is 100 cm³/mol. The van der Waals surface area contributed by atoms with Crippen molar-refractivity contribution in [2.75, 3.05) is 12.9 Å². The number of rotatable bonds is 11. The molecule has 3 atom stereocenters. The van der Waals surface area contributed by atoms with Crippen LogP contribution in [0.15, 0.2) is 13.5 Å². The Balaban J connectivity index is 3.88. The molecule has 0 aliphatic carbocycles. The van der Waals surface area contributed by atoms with Gasteiger partial charge in [0.15, 0.2) is 6.61 Å². The standard InChI is InChI=1S/C7H5F15N3O10P3S3/c1-39(26,27)33-36(20)23-37(21,25-38(22,24-36)35-41(30,31)32-2-3(8,9)10)34-40(28,29)7(18,19)5(13,14)4(11,12)6(15,16)17/h2H2,1H3. The summed E-state index contributed by atoms with van der Waals surface area (Å²) in [6.07, 6.45) is -13.5. The van der Waals surface area contributed by atoms with Gasteiger partial charge in [0.05, 0.1) is 6.26 Å². The van der Waals surface area contributed by atoms with Gasteiger partial charge >= 0.3 is 73.2 Å². The quantitative estimate of drug-likeness (QED) is 0.171. The molecule has 0 aromatic heterocycles. The maximum Gasteiger partial charge on any atom is 0.460 e. The third kappa shape index (κ3) is 8.93. The van der Waals surface area contributed by atoms with E-state index in [0.29, 0.717) is 0 Å². The highest BCUT2D eigenvalue weighted by Gasteiger charge is 2.86. The van der Waals surface area contributed by atoms with Crippen molar-refractivity contribution < 1.29 is 107 Å². The molecule has 1 rings (SSSR count). The van der Waals surface area contributed by atoms with E-state index in [-0.39, 0.29) is 6.26 Å². The fourth-order valence-corrected chi connectivity index (χ4v) is 13.2. The molecule has 0 saturated heterocycles. The molecule has 1 heterocycles. The number of nitrogens with zero attached hydrogens (tertiary/aromatic N) is 3. The summed E-state index contributed by atoms with van der Waals surface area (Å²) in [5.41, 5.74) is 0. The average Bonchev–Trinajstić information content (AvgIpc) is 2.59. The molecule has 0 N–H and O–H groups in total. The average molecular weight is 765 g/mol. The third-order valence-electron chi connectivity index (χ3n) is 3.07. The first-order chi connectivity index (χ1) is 17.4. The van der Waals surface area contributed by atoms with E-state index in [0.717, 1.165) is 0 Å². The summed E-state index contributed by atoms with van der Waals surface area (Å²) in [7, 11) is -42.5. The first kappa shape index (κ1) is 38.4. The maximum atomic E-state index is 15.0. The van der Waals surface area contributed by atoms with Crippen LogP contribution in [-0.4, -0.2) is 67.6 Å². The molecule has 0 fully saturated rings. The summed E-state index contributed by atoms with van der Waals surface area (Å²) in [5.74, 6) is -16.1. The van der Waals surface area contributed by atoms with Crippen LogP contribution in [-0.2, 0) is 46.7 Å². The molecule has 0 aromatic carbocycles. The topological polar surface area (TPSA) is 176 Å². The summed E-state index contributed by atoms with van der Waals surface area (Å²) in [6, 6.07) is 0.